The van der Waals surface area contributed by atoms with E-state index in [0.29, 0.717) is 0 Å². The molecule has 1 nitrogen and oxygen atoms in total. The average Bonchev–Trinajstić information content (AvgIpc) is 3.15. The maximum Gasteiger partial charge on any atom is 0.0992 e. The van der Waals surface area contributed by atoms with Crippen LogP contribution in [0, 0.1) is 5.41 Å². The van der Waals surface area contributed by atoms with Crippen LogP contribution >= 0.6 is 11.3 Å². The normalized spacial score (nSPS) is 11.0. The molecule has 0 aliphatic heterocycles. The van der Waals surface area contributed by atoms with E-state index in [9.17, 15) is 0 Å². The lowest BCUT2D eigenvalue weighted by Gasteiger charge is -2.13. The summed E-state index contributed by atoms with van der Waals surface area (Å²) in [6.07, 6.45) is 4.39. The van der Waals surface area contributed by atoms with E-state index in [0.717, 1.165) is 5.52 Å². The first-order valence-corrected chi connectivity index (χ1v) is 11.6. The molecule has 2 heteroatoms. The van der Waals surface area contributed by atoms with Crippen LogP contribution in [-0.4, -0.2) is 4.98 Å². The van der Waals surface area contributed by atoms with Crippen molar-refractivity contribution < 1.29 is 0 Å². The molecule has 0 aliphatic carbocycles. The Kier molecular flexibility index (Phi) is 12.4. The van der Waals surface area contributed by atoms with Crippen molar-refractivity contribution in [3.63, 3.8) is 0 Å². The van der Waals surface area contributed by atoms with E-state index >= 15 is 0 Å². The van der Waals surface area contributed by atoms with Crippen LogP contribution in [0.3, 0.4) is 0 Å². The van der Waals surface area contributed by atoms with Crippen molar-refractivity contribution >= 4 is 27.6 Å². The van der Waals surface area contributed by atoms with Crippen LogP contribution in [0.4, 0.5) is 0 Å². The second kappa shape index (κ2) is 13.3. The van der Waals surface area contributed by atoms with Gasteiger partial charge in [0.2, 0.25) is 0 Å². The van der Waals surface area contributed by atoms with Crippen LogP contribution in [-0.2, 0) is 5.41 Å². The van der Waals surface area contributed by atoms with Gasteiger partial charge >= 0.3 is 0 Å². The van der Waals surface area contributed by atoms with E-state index < -0.39 is 0 Å². The van der Waals surface area contributed by atoms with Crippen LogP contribution in [0.1, 0.15) is 79.8 Å². The highest BCUT2D eigenvalue weighted by atomic mass is 32.1. The molecular weight excluding hydrogens is 370 g/mol. The first-order chi connectivity index (χ1) is 13.6. The van der Waals surface area contributed by atoms with E-state index in [2.05, 4.69) is 101 Å². The zero-order valence-electron chi connectivity index (χ0n) is 20.2. The summed E-state index contributed by atoms with van der Waals surface area (Å²) in [5, 5.41) is 1.22. The van der Waals surface area contributed by atoms with Crippen molar-refractivity contribution in [2.45, 2.75) is 74.7 Å². The smallest absolute Gasteiger partial charge is 0.0992 e. The topological polar surface area (TPSA) is 12.9 Å². The van der Waals surface area contributed by atoms with Crippen molar-refractivity contribution in [3.8, 4) is 0 Å². The molecule has 1 heterocycles. The third-order valence-corrected chi connectivity index (χ3v) is 4.97. The van der Waals surface area contributed by atoms with Crippen LogP contribution < -0.4 is 0 Å². The SMILES string of the molecule is CC.CC.CC(C)(C)C=Cc1ccccc1.CC(C)(C)c1nc2ccccc2s1. The number of hydrogen-bond acceptors (Lipinski definition) is 2. The molecule has 0 saturated carbocycles. The molecule has 0 unspecified atom stereocenters. The minimum Gasteiger partial charge on any atom is -0.241 e. The highest BCUT2D eigenvalue weighted by Gasteiger charge is 2.18. The molecule has 0 saturated heterocycles. The summed E-state index contributed by atoms with van der Waals surface area (Å²) in [6, 6.07) is 18.7. The number of thiazole rings is 1. The molecule has 0 bridgehead atoms. The van der Waals surface area contributed by atoms with E-state index in [-0.39, 0.29) is 10.8 Å². The highest BCUT2D eigenvalue weighted by molar-refractivity contribution is 7.18. The third kappa shape index (κ3) is 11.0. The van der Waals surface area contributed by atoms with Gasteiger partial charge in [-0.3, -0.25) is 0 Å². The van der Waals surface area contributed by atoms with Gasteiger partial charge in [0, 0.05) is 5.41 Å². The molecule has 3 aromatic rings. The molecule has 0 N–H and O–H groups in total. The summed E-state index contributed by atoms with van der Waals surface area (Å²) in [7, 11) is 0. The van der Waals surface area contributed by atoms with E-state index in [1.165, 1.54) is 15.3 Å². The standard InChI is InChI=1S/C12H16.C11H13NS.2C2H6/c1-12(2,3)10-9-11-7-5-4-6-8-11;1-11(2,3)10-12-8-6-4-5-7-9(8)13-10;2*1-2/h4-10H,1-3H3;4-7H,1-3H3;2*1-2H3. The van der Waals surface area contributed by atoms with Gasteiger partial charge in [-0.15, -0.1) is 11.3 Å². The second-order valence-electron chi connectivity index (χ2n) is 8.35. The second-order valence-corrected chi connectivity index (χ2v) is 9.38. The van der Waals surface area contributed by atoms with E-state index in [4.69, 9.17) is 0 Å². The van der Waals surface area contributed by atoms with Gasteiger partial charge in [0.05, 0.1) is 15.2 Å². The molecule has 0 spiro atoms. The zero-order valence-corrected chi connectivity index (χ0v) is 21.0. The van der Waals surface area contributed by atoms with Crippen LogP contribution in [0.15, 0.2) is 60.7 Å². The minimum absolute atomic E-state index is 0.170. The van der Waals surface area contributed by atoms with Gasteiger partial charge in [0.25, 0.3) is 0 Å². The summed E-state index contributed by atoms with van der Waals surface area (Å²) in [5.41, 5.74) is 2.84. The molecule has 3 rings (SSSR count). The summed E-state index contributed by atoms with van der Waals surface area (Å²) in [6.45, 7) is 21.2. The Morgan fingerprint density at radius 1 is 0.724 bits per heavy atom. The van der Waals surface area contributed by atoms with E-state index in [1.807, 2.05) is 39.8 Å². The lowest BCUT2D eigenvalue weighted by atomic mass is 9.95. The van der Waals surface area contributed by atoms with E-state index in [1.54, 1.807) is 11.3 Å². The predicted molar refractivity (Wildman–Crippen MR) is 136 cm³/mol. The molecule has 0 amide bonds. The van der Waals surface area contributed by atoms with Crippen molar-refractivity contribution in [1.82, 2.24) is 4.98 Å². The number of aromatic nitrogens is 1. The fraction of sp³-hybridized carbons (Fsp3) is 0.444. The number of rotatable bonds is 1. The maximum absolute atomic E-state index is 4.60. The molecule has 0 radical (unpaired) electrons. The molecule has 160 valence electrons. The van der Waals surface area contributed by atoms with Gasteiger partial charge in [0.1, 0.15) is 0 Å². The van der Waals surface area contributed by atoms with Crippen molar-refractivity contribution in [3.05, 3.63) is 71.2 Å². The number of allylic oxidation sites excluding steroid dienone is 1. The predicted octanol–water partition coefficient (Wildman–Crippen LogP) is 9.39. The molecule has 0 fully saturated rings. The Morgan fingerprint density at radius 2 is 1.24 bits per heavy atom. The Balaban J connectivity index is 0.000000463. The minimum atomic E-state index is 0.170. The van der Waals surface area contributed by atoms with Crippen LogP contribution in [0.25, 0.3) is 16.3 Å². The fourth-order valence-corrected chi connectivity index (χ4v) is 3.13. The number of hydrogen-bond donors (Lipinski definition) is 0. The summed E-state index contributed by atoms with van der Waals surface area (Å²) >= 11 is 1.79. The Labute approximate surface area is 183 Å². The number of nitrogens with zero attached hydrogens (tertiary/aromatic N) is 1. The summed E-state index contributed by atoms with van der Waals surface area (Å²) < 4.78 is 1.28. The van der Waals surface area contributed by atoms with Gasteiger partial charge in [0.15, 0.2) is 0 Å². The zero-order chi connectivity index (χ0) is 22.5. The fourth-order valence-electron chi connectivity index (χ4n) is 2.10. The molecule has 29 heavy (non-hydrogen) atoms. The van der Waals surface area contributed by atoms with Crippen molar-refractivity contribution in [2.24, 2.45) is 5.41 Å². The monoisotopic (exact) mass is 411 g/mol. The number of fused-ring (bicyclic) bond motifs is 1. The highest BCUT2D eigenvalue weighted by Crippen LogP contribution is 2.30. The summed E-state index contributed by atoms with van der Waals surface area (Å²) in [4.78, 5) is 4.60. The Hall–Kier alpha value is -1.93. The largest absolute Gasteiger partial charge is 0.241 e. The molecule has 2 aromatic carbocycles. The number of benzene rings is 2. The first kappa shape index (κ1) is 27.1. The molecule has 0 aliphatic rings. The third-order valence-electron chi connectivity index (χ3n) is 3.51. The van der Waals surface area contributed by atoms with Crippen LogP contribution in [0.5, 0.6) is 0 Å². The molecular formula is C27H41NS. The van der Waals surface area contributed by atoms with Crippen molar-refractivity contribution in [2.75, 3.05) is 0 Å². The quantitative estimate of drug-likeness (QED) is 0.388. The summed E-state index contributed by atoms with van der Waals surface area (Å²) in [5.74, 6) is 0. The molecule has 0 atom stereocenters. The average molecular weight is 412 g/mol. The van der Waals surface area contributed by atoms with Gasteiger partial charge in [-0.1, -0.05) is 124 Å². The Bertz CT molecular complexity index is 782. The lowest BCUT2D eigenvalue weighted by Crippen LogP contribution is -2.09. The Morgan fingerprint density at radius 3 is 1.72 bits per heavy atom. The van der Waals surface area contributed by atoms with Gasteiger partial charge in [-0.05, 0) is 23.1 Å². The lowest BCUT2D eigenvalue weighted by molar-refractivity contribution is 0.547. The first-order valence-electron chi connectivity index (χ1n) is 10.8. The van der Waals surface area contributed by atoms with Gasteiger partial charge in [-0.2, -0.15) is 0 Å². The van der Waals surface area contributed by atoms with Gasteiger partial charge < -0.3 is 0 Å². The van der Waals surface area contributed by atoms with Crippen LogP contribution in [0.2, 0.25) is 0 Å². The van der Waals surface area contributed by atoms with Gasteiger partial charge in [-0.25, -0.2) is 4.98 Å². The van der Waals surface area contributed by atoms with Crippen molar-refractivity contribution in [1.29, 1.82) is 0 Å². The number of para-hydroxylation sites is 1. The molecule has 1 aromatic heterocycles. The maximum atomic E-state index is 4.60.